The first-order valence-electron chi connectivity index (χ1n) is 6.81. The first-order chi connectivity index (χ1) is 9.56. The van der Waals surface area contributed by atoms with Crippen molar-refractivity contribution >= 4 is 23.2 Å². The van der Waals surface area contributed by atoms with Gasteiger partial charge in [-0.25, -0.2) is 0 Å². The van der Waals surface area contributed by atoms with Crippen LogP contribution in [0.4, 0.5) is 0 Å². The van der Waals surface area contributed by atoms with Crippen molar-refractivity contribution < 1.29 is 0 Å². The Hall–Kier alpha value is -1.03. The molecule has 1 heterocycles. The molecule has 2 N–H and O–H groups in total. The topological polar surface area (TPSA) is 43.8 Å². The van der Waals surface area contributed by atoms with Gasteiger partial charge in [-0.1, -0.05) is 36.2 Å². The summed E-state index contributed by atoms with van der Waals surface area (Å²) in [6, 6.07) is 7.42. The van der Waals surface area contributed by atoms with Crippen molar-refractivity contribution in [3.05, 3.63) is 51.3 Å². The van der Waals surface area contributed by atoms with E-state index in [1.807, 2.05) is 22.9 Å². The summed E-state index contributed by atoms with van der Waals surface area (Å²) in [7, 11) is 0. The number of halogens is 2. The number of nitrogens with zero attached hydrogens (tertiary/aromatic N) is 2. The predicted octanol–water partition coefficient (Wildman–Crippen LogP) is 4.01. The predicted molar refractivity (Wildman–Crippen MR) is 84.4 cm³/mol. The number of nitrogens with two attached hydrogens (primary N) is 1. The highest BCUT2D eigenvalue weighted by Crippen LogP contribution is 2.28. The van der Waals surface area contributed by atoms with E-state index in [9.17, 15) is 0 Å². The van der Waals surface area contributed by atoms with Gasteiger partial charge >= 0.3 is 0 Å². The third kappa shape index (κ3) is 3.17. The third-order valence-electron chi connectivity index (χ3n) is 3.39. The van der Waals surface area contributed by atoms with Crippen LogP contribution in [0.3, 0.4) is 0 Å². The van der Waals surface area contributed by atoms with E-state index in [1.54, 1.807) is 0 Å². The van der Waals surface area contributed by atoms with Gasteiger partial charge in [0.15, 0.2) is 0 Å². The molecule has 5 heteroatoms. The molecule has 0 spiro atoms. The quantitative estimate of drug-likeness (QED) is 0.906. The zero-order valence-electron chi connectivity index (χ0n) is 11.7. The van der Waals surface area contributed by atoms with Crippen molar-refractivity contribution in [1.29, 1.82) is 0 Å². The Bertz CT molecular complexity index is 573. The summed E-state index contributed by atoms with van der Waals surface area (Å²) in [6.07, 6.45) is 1.51. The van der Waals surface area contributed by atoms with Gasteiger partial charge in [-0.15, -0.1) is 0 Å². The van der Waals surface area contributed by atoms with Crippen LogP contribution in [0.2, 0.25) is 10.0 Å². The highest BCUT2D eigenvalue weighted by atomic mass is 35.5. The second-order valence-corrected chi connectivity index (χ2v) is 5.56. The second-order valence-electron chi connectivity index (χ2n) is 4.74. The van der Waals surface area contributed by atoms with Gasteiger partial charge in [-0.2, -0.15) is 5.10 Å². The molecule has 0 amide bonds. The molecule has 2 rings (SSSR count). The number of hydrogen-bond acceptors (Lipinski definition) is 2. The fourth-order valence-electron chi connectivity index (χ4n) is 2.26. The standard InChI is InChI=1S/C15H19Cl2N3/c1-3-10-8-15(20(4-2)19-10)14(18)9-11-12(16)6-5-7-13(11)17/h5-8,14H,3-4,9,18H2,1-2H3. The fraction of sp³-hybridized carbons (Fsp3) is 0.400. The molecule has 1 unspecified atom stereocenters. The van der Waals surface area contributed by atoms with Gasteiger partial charge in [-0.05, 0) is 43.5 Å². The molecule has 0 saturated carbocycles. The Kier molecular flexibility index (Phi) is 5.08. The van der Waals surface area contributed by atoms with Gasteiger partial charge in [0, 0.05) is 16.6 Å². The third-order valence-corrected chi connectivity index (χ3v) is 4.10. The summed E-state index contributed by atoms with van der Waals surface area (Å²) in [5.74, 6) is 0. The van der Waals surface area contributed by atoms with Crippen molar-refractivity contribution in [1.82, 2.24) is 9.78 Å². The highest BCUT2D eigenvalue weighted by molar-refractivity contribution is 6.36. The maximum Gasteiger partial charge on any atom is 0.0625 e. The van der Waals surface area contributed by atoms with Crippen molar-refractivity contribution in [2.45, 2.75) is 39.3 Å². The van der Waals surface area contributed by atoms with Gasteiger partial charge < -0.3 is 5.73 Å². The van der Waals surface area contributed by atoms with Crippen molar-refractivity contribution in [3.8, 4) is 0 Å². The van der Waals surface area contributed by atoms with E-state index in [2.05, 4.69) is 25.0 Å². The first-order valence-corrected chi connectivity index (χ1v) is 7.57. The maximum absolute atomic E-state index is 6.33. The highest BCUT2D eigenvalue weighted by Gasteiger charge is 2.17. The maximum atomic E-state index is 6.33. The van der Waals surface area contributed by atoms with E-state index in [1.165, 1.54) is 0 Å². The van der Waals surface area contributed by atoms with Crippen LogP contribution in [0.1, 0.15) is 36.8 Å². The molecule has 0 aliphatic rings. The van der Waals surface area contributed by atoms with E-state index < -0.39 is 0 Å². The smallest absolute Gasteiger partial charge is 0.0625 e. The van der Waals surface area contributed by atoms with E-state index in [0.29, 0.717) is 16.5 Å². The van der Waals surface area contributed by atoms with Gasteiger partial charge in [0.1, 0.15) is 0 Å². The first kappa shape index (κ1) is 15.4. The Labute approximate surface area is 129 Å². The summed E-state index contributed by atoms with van der Waals surface area (Å²) in [4.78, 5) is 0. The largest absolute Gasteiger partial charge is 0.322 e. The van der Waals surface area contributed by atoms with Crippen LogP contribution in [0.25, 0.3) is 0 Å². The van der Waals surface area contributed by atoms with Gasteiger partial charge in [0.25, 0.3) is 0 Å². The minimum atomic E-state index is -0.167. The fourth-order valence-corrected chi connectivity index (χ4v) is 2.81. The Morgan fingerprint density at radius 3 is 2.45 bits per heavy atom. The lowest BCUT2D eigenvalue weighted by molar-refractivity contribution is 0.565. The van der Waals surface area contributed by atoms with Crippen LogP contribution in [0.15, 0.2) is 24.3 Å². The number of rotatable bonds is 5. The van der Waals surface area contributed by atoms with E-state index in [-0.39, 0.29) is 6.04 Å². The summed E-state index contributed by atoms with van der Waals surface area (Å²) >= 11 is 12.4. The lowest BCUT2D eigenvalue weighted by Gasteiger charge is -2.15. The molecule has 0 aliphatic heterocycles. The number of hydrogen-bond donors (Lipinski definition) is 1. The van der Waals surface area contributed by atoms with Crippen LogP contribution in [-0.4, -0.2) is 9.78 Å². The Morgan fingerprint density at radius 1 is 1.25 bits per heavy atom. The average Bonchev–Trinajstić information content (AvgIpc) is 2.86. The molecular weight excluding hydrogens is 293 g/mol. The summed E-state index contributed by atoms with van der Waals surface area (Å²) in [5.41, 5.74) is 9.31. The number of aryl methyl sites for hydroxylation is 2. The molecule has 0 aliphatic carbocycles. The molecule has 0 saturated heterocycles. The summed E-state index contributed by atoms with van der Waals surface area (Å²) in [6.45, 7) is 4.95. The van der Waals surface area contributed by atoms with Crippen LogP contribution in [-0.2, 0) is 19.4 Å². The molecule has 1 aromatic carbocycles. The molecule has 2 aromatic rings. The van der Waals surface area contributed by atoms with Gasteiger partial charge in [0.05, 0.1) is 17.4 Å². The molecule has 0 bridgehead atoms. The molecule has 20 heavy (non-hydrogen) atoms. The number of benzene rings is 1. The number of aromatic nitrogens is 2. The summed E-state index contributed by atoms with van der Waals surface area (Å²) < 4.78 is 1.95. The SMILES string of the molecule is CCc1cc(C(N)Cc2c(Cl)cccc2Cl)n(CC)n1. The molecule has 108 valence electrons. The van der Waals surface area contributed by atoms with Crippen molar-refractivity contribution in [3.63, 3.8) is 0 Å². The zero-order valence-corrected chi connectivity index (χ0v) is 13.2. The van der Waals surface area contributed by atoms with Crippen LogP contribution < -0.4 is 5.73 Å². The van der Waals surface area contributed by atoms with Gasteiger partial charge in [-0.3, -0.25) is 4.68 Å². The molecule has 3 nitrogen and oxygen atoms in total. The molecule has 0 radical (unpaired) electrons. The summed E-state index contributed by atoms with van der Waals surface area (Å²) in [5, 5.41) is 5.84. The molecular formula is C15H19Cl2N3. The lowest BCUT2D eigenvalue weighted by atomic mass is 10.0. The van der Waals surface area contributed by atoms with Crippen molar-refractivity contribution in [2.75, 3.05) is 0 Å². The van der Waals surface area contributed by atoms with E-state index in [0.717, 1.165) is 29.9 Å². The molecule has 1 atom stereocenters. The van der Waals surface area contributed by atoms with E-state index >= 15 is 0 Å². The van der Waals surface area contributed by atoms with E-state index in [4.69, 9.17) is 28.9 Å². The zero-order chi connectivity index (χ0) is 14.7. The van der Waals surface area contributed by atoms with Crippen LogP contribution in [0.5, 0.6) is 0 Å². The minimum absolute atomic E-state index is 0.167. The van der Waals surface area contributed by atoms with Crippen LogP contribution >= 0.6 is 23.2 Å². The second kappa shape index (κ2) is 6.61. The van der Waals surface area contributed by atoms with Crippen LogP contribution in [0, 0.1) is 0 Å². The minimum Gasteiger partial charge on any atom is -0.322 e. The average molecular weight is 312 g/mol. The monoisotopic (exact) mass is 311 g/mol. The van der Waals surface area contributed by atoms with Gasteiger partial charge in [0.2, 0.25) is 0 Å². The normalized spacial score (nSPS) is 12.7. The lowest BCUT2D eigenvalue weighted by Crippen LogP contribution is -2.18. The Balaban J connectivity index is 2.28. The molecule has 0 fully saturated rings. The Morgan fingerprint density at radius 2 is 1.90 bits per heavy atom. The van der Waals surface area contributed by atoms with Crippen molar-refractivity contribution in [2.24, 2.45) is 5.73 Å². The molecule has 1 aromatic heterocycles.